The molecule has 390 valence electrons. The van der Waals surface area contributed by atoms with Crippen molar-refractivity contribution in [1.82, 2.24) is 0 Å². The van der Waals surface area contributed by atoms with Gasteiger partial charge >= 0.3 is 11.9 Å². The van der Waals surface area contributed by atoms with E-state index in [0.29, 0.717) is 75.1 Å². The molecule has 1 heterocycles. The summed E-state index contributed by atoms with van der Waals surface area (Å²) in [7, 11) is 0.582. The lowest BCUT2D eigenvalue weighted by Crippen LogP contribution is -2.41. The van der Waals surface area contributed by atoms with Crippen LogP contribution in [0.1, 0.15) is 141 Å². The van der Waals surface area contributed by atoms with Crippen molar-refractivity contribution in [3.8, 4) is 17.2 Å². The van der Waals surface area contributed by atoms with Gasteiger partial charge in [-0.2, -0.15) is 21.4 Å². The van der Waals surface area contributed by atoms with E-state index in [0.717, 1.165) is 68.8 Å². The maximum Gasteiger partial charge on any atom is 0.345 e. The van der Waals surface area contributed by atoms with Crippen LogP contribution in [-0.4, -0.2) is 131 Å². The largest absolute Gasteiger partial charge is 0.494 e. The number of esters is 1. The van der Waals surface area contributed by atoms with Crippen molar-refractivity contribution in [1.29, 1.82) is 0 Å². The number of carbonyl (C=O) groups excluding carboxylic acids is 1. The average molecular weight is 1020 g/mol. The van der Waals surface area contributed by atoms with E-state index < -0.39 is 37.9 Å². The summed E-state index contributed by atoms with van der Waals surface area (Å²) in [6, 6.07) is 13.9. The summed E-state index contributed by atoms with van der Waals surface area (Å²) in [6.07, 6.45) is 15.5. The number of hydrogen-bond acceptors (Lipinski definition) is 9. The Labute approximate surface area is 417 Å². The van der Waals surface area contributed by atoms with Crippen LogP contribution in [0.2, 0.25) is 0 Å². The highest BCUT2D eigenvalue weighted by Gasteiger charge is 2.28. The van der Waals surface area contributed by atoms with E-state index in [-0.39, 0.29) is 35.6 Å². The molecule has 0 unspecified atom stereocenters. The van der Waals surface area contributed by atoms with Gasteiger partial charge in [0.15, 0.2) is 6.54 Å². The highest BCUT2D eigenvalue weighted by molar-refractivity contribution is 7.86. The first-order chi connectivity index (χ1) is 33.0. The van der Waals surface area contributed by atoms with Crippen LogP contribution >= 0.6 is 0 Å². The lowest BCUT2D eigenvalue weighted by molar-refractivity contribution is -0.890. The Morgan fingerprint density at radius 3 is 1.43 bits per heavy atom. The Balaban J connectivity index is 1.55. The van der Waals surface area contributed by atoms with Gasteiger partial charge in [0.1, 0.15) is 17.2 Å². The van der Waals surface area contributed by atoms with Crippen LogP contribution in [-0.2, 0) is 26.8 Å². The van der Waals surface area contributed by atoms with E-state index in [1.807, 2.05) is 34.9 Å². The molecule has 70 heavy (non-hydrogen) atoms. The van der Waals surface area contributed by atoms with Crippen LogP contribution in [0.5, 0.6) is 17.2 Å². The molecule has 0 aliphatic carbocycles. The Bertz CT molecular complexity index is 2560. The van der Waals surface area contributed by atoms with Gasteiger partial charge in [-0.05, 0) is 106 Å². The van der Waals surface area contributed by atoms with E-state index in [4.69, 9.17) is 18.8 Å². The number of aromatic nitrogens is 1. The Morgan fingerprint density at radius 2 is 0.986 bits per heavy atom. The van der Waals surface area contributed by atoms with E-state index in [1.165, 1.54) is 57.3 Å². The topological polar surface area (TPSA) is 195 Å². The smallest absolute Gasteiger partial charge is 0.345 e. The van der Waals surface area contributed by atoms with Crippen molar-refractivity contribution in [2.45, 2.75) is 130 Å². The standard InChI is InChI=1S/C53H79N3O12S2/c1-8-9-29-55(4,5)30-18-14-10-12-16-20-33-66-44-24-26-48-46(39-44)50(53(59)68-51-41(2)37-43(52(57)58)38-42(51)3)47-40-45(25-27-49(47)54(48)28-22-35-69(60,61)62)67-34-21-17-13-11-15-19-31-56(6,7)32-23-36-70(63,64)65/h24-27,37-40H,8-23,28-36H2,1-7H3/p+3. The fraction of sp³-hybridized carbons (Fsp3) is 0.604. The molecule has 3 N–H and O–H groups in total. The number of aromatic carboxylic acids is 1. The third kappa shape index (κ3) is 20.0. The average Bonchev–Trinajstić information content (AvgIpc) is 3.26. The first-order valence-electron chi connectivity index (χ1n) is 25.3. The quantitative estimate of drug-likeness (QED) is 0.00764. The maximum atomic E-state index is 14.7. The highest BCUT2D eigenvalue weighted by atomic mass is 32.2. The molecular formula is C53H82N3O12S2+3. The van der Waals surface area contributed by atoms with Crippen molar-refractivity contribution < 1.29 is 68.4 Å². The second-order valence-corrected chi connectivity index (χ2v) is 23.5. The van der Waals surface area contributed by atoms with Crippen LogP contribution < -0.4 is 18.8 Å². The molecule has 0 amide bonds. The Morgan fingerprint density at radius 1 is 0.571 bits per heavy atom. The van der Waals surface area contributed by atoms with Gasteiger partial charge in [-0.1, -0.05) is 51.9 Å². The van der Waals surface area contributed by atoms with E-state index in [2.05, 4.69) is 35.1 Å². The molecule has 1 aromatic heterocycles. The third-order valence-corrected chi connectivity index (χ3v) is 14.7. The minimum absolute atomic E-state index is 0.0772. The van der Waals surface area contributed by atoms with Crippen molar-refractivity contribution in [2.24, 2.45) is 0 Å². The number of carboxylic acids is 1. The molecule has 0 bridgehead atoms. The molecule has 3 aromatic carbocycles. The van der Waals surface area contributed by atoms with Crippen LogP contribution in [0, 0.1) is 13.8 Å². The second-order valence-electron chi connectivity index (χ2n) is 20.4. The van der Waals surface area contributed by atoms with E-state index in [9.17, 15) is 36.1 Å². The SMILES string of the molecule is CCCC[N+](C)(C)CCCCCCCCOc1ccc2c(c1)c(C(=O)Oc1c(C)cc(C(=O)O)cc1C)c1cc(OCCCCCCCC[N+](C)(C)CCCS(=O)(=O)O)ccc1[n+]2CCCS(=O)(=O)O. The number of ether oxygens (including phenoxy) is 3. The van der Waals surface area contributed by atoms with Gasteiger partial charge in [-0.15, -0.1) is 0 Å². The van der Waals surface area contributed by atoms with E-state index in [1.54, 1.807) is 19.9 Å². The molecule has 0 saturated carbocycles. The number of nitrogens with zero attached hydrogens (tertiary/aromatic N) is 3. The van der Waals surface area contributed by atoms with Gasteiger partial charge in [0.25, 0.3) is 20.2 Å². The zero-order valence-corrected chi connectivity index (χ0v) is 44.6. The number of fused-ring (bicyclic) bond motifs is 2. The first-order valence-corrected chi connectivity index (χ1v) is 28.5. The van der Waals surface area contributed by atoms with Gasteiger partial charge in [0, 0.05) is 25.0 Å². The summed E-state index contributed by atoms with van der Waals surface area (Å²) in [5, 5.41) is 10.7. The molecule has 0 radical (unpaired) electrons. The number of unbranched alkanes of at least 4 members (excludes halogenated alkanes) is 11. The molecule has 0 atom stereocenters. The predicted molar refractivity (Wildman–Crippen MR) is 277 cm³/mol. The highest BCUT2D eigenvalue weighted by Crippen LogP contribution is 2.34. The lowest BCUT2D eigenvalue weighted by atomic mass is 10.0. The van der Waals surface area contributed by atoms with Crippen molar-refractivity contribution in [3.63, 3.8) is 0 Å². The molecule has 4 rings (SSSR count). The monoisotopic (exact) mass is 1020 g/mol. The first kappa shape index (κ1) is 58.2. The molecular weight excluding hydrogens is 935 g/mol. The summed E-state index contributed by atoms with van der Waals surface area (Å²) in [5.74, 6) is -1.10. The summed E-state index contributed by atoms with van der Waals surface area (Å²) < 4.78 is 87.0. The molecule has 4 aromatic rings. The summed E-state index contributed by atoms with van der Waals surface area (Å²) in [5.41, 5.74) is 2.53. The van der Waals surface area contributed by atoms with Crippen molar-refractivity contribution in [2.75, 3.05) is 79.1 Å². The zero-order valence-electron chi connectivity index (χ0n) is 43.0. The summed E-state index contributed by atoms with van der Waals surface area (Å²) >= 11 is 0. The van der Waals surface area contributed by atoms with Crippen LogP contribution in [0.15, 0.2) is 48.5 Å². The van der Waals surface area contributed by atoms with Gasteiger partial charge in [-0.25, -0.2) is 9.59 Å². The molecule has 0 fully saturated rings. The fourth-order valence-corrected chi connectivity index (χ4v) is 10.2. The number of aryl methyl sites for hydroxylation is 3. The number of carboxylic acid groups (broad SMARTS) is 1. The van der Waals surface area contributed by atoms with E-state index >= 15 is 0 Å². The summed E-state index contributed by atoms with van der Waals surface area (Å²) in [4.78, 5) is 26.6. The molecule has 15 nitrogen and oxygen atoms in total. The lowest BCUT2D eigenvalue weighted by Gasteiger charge is -2.29. The van der Waals surface area contributed by atoms with Crippen molar-refractivity contribution in [3.05, 3.63) is 70.8 Å². The minimum atomic E-state index is -4.24. The summed E-state index contributed by atoms with van der Waals surface area (Å²) in [6.45, 7) is 10.8. The minimum Gasteiger partial charge on any atom is -0.494 e. The van der Waals surface area contributed by atoms with Gasteiger partial charge < -0.3 is 28.3 Å². The second kappa shape index (κ2) is 27.4. The normalized spacial score (nSPS) is 12.5. The predicted octanol–water partition coefficient (Wildman–Crippen LogP) is 9.76. The Hall–Kier alpha value is -4.39. The molecule has 0 aliphatic heterocycles. The number of benzene rings is 3. The van der Waals surface area contributed by atoms with Crippen LogP contribution in [0.25, 0.3) is 21.8 Å². The molecule has 0 aliphatic rings. The third-order valence-electron chi connectivity index (χ3n) is 13.1. The molecule has 0 saturated heterocycles. The van der Waals surface area contributed by atoms with Gasteiger partial charge in [0.2, 0.25) is 11.0 Å². The molecule has 0 spiro atoms. The molecule has 17 heteroatoms. The Kier molecular flexibility index (Phi) is 22.8. The number of pyridine rings is 1. The number of rotatable bonds is 34. The van der Waals surface area contributed by atoms with Crippen molar-refractivity contribution >= 4 is 54.0 Å². The van der Waals surface area contributed by atoms with Gasteiger partial charge in [0.05, 0.1) is 101 Å². The number of carbonyl (C=O) groups is 2. The number of quaternary nitrogens is 2. The number of hydrogen-bond donors (Lipinski definition) is 3. The van der Waals surface area contributed by atoms with Crippen LogP contribution in [0.3, 0.4) is 0 Å². The fourth-order valence-electron chi connectivity index (χ4n) is 9.16. The van der Waals surface area contributed by atoms with Gasteiger partial charge in [-0.3, -0.25) is 9.11 Å². The van der Waals surface area contributed by atoms with Crippen LogP contribution in [0.4, 0.5) is 0 Å². The maximum absolute atomic E-state index is 14.7. The zero-order chi connectivity index (χ0) is 51.5.